The molecule has 0 unspecified atom stereocenters. The average molecular weight is 252 g/mol. The molecule has 1 aromatic carbocycles. The maximum Gasteiger partial charge on any atom is 0.304 e. The van der Waals surface area contributed by atoms with Crippen LogP contribution >= 0.6 is 0 Å². The smallest absolute Gasteiger partial charge is 0.304 e. The topological polar surface area (TPSA) is 60.7 Å². The van der Waals surface area contributed by atoms with E-state index in [1.165, 1.54) is 5.56 Å². The van der Waals surface area contributed by atoms with Gasteiger partial charge >= 0.3 is 5.97 Å². The van der Waals surface area contributed by atoms with Gasteiger partial charge in [0, 0.05) is 5.56 Å². The molecule has 102 valence electrons. The van der Waals surface area contributed by atoms with E-state index in [2.05, 4.69) is 13.8 Å². The lowest BCUT2D eigenvalue weighted by atomic mass is 9.86. The van der Waals surface area contributed by atoms with Crippen molar-refractivity contribution in [2.45, 2.75) is 59.4 Å². The van der Waals surface area contributed by atoms with Gasteiger partial charge in [0.1, 0.15) is 0 Å². The molecule has 0 aliphatic heterocycles. The largest absolute Gasteiger partial charge is 0.340 e. The second-order valence-corrected chi connectivity index (χ2v) is 4.57. The second kappa shape index (κ2) is 5.83. The summed E-state index contributed by atoms with van der Waals surface area (Å²) in [7, 11) is 0. The van der Waals surface area contributed by atoms with Gasteiger partial charge in [-0.2, -0.15) is 0 Å². The van der Waals surface area contributed by atoms with Crippen molar-refractivity contribution in [2.24, 2.45) is 0 Å². The Morgan fingerprint density at radius 3 is 1.61 bits per heavy atom. The van der Waals surface area contributed by atoms with Gasteiger partial charge in [0.15, 0.2) is 0 Å². The molecule has 0 heterocycles. The van der Waals surface area contributed by atoms with Gasteiger partial charge in [0.05, 0.1) is 0 Å². The first-order valence-electron chi connectivity index (χ1n) is 6.74. The highest BCUT2D eigenvalue weighted by Crippen LogP contribution is 2.30. The van der Waals surface area contributed by atoms with Crippen LogP contribution in [0.1, 0.15) is 55.5 Å². The molecule has 0 saturated heterocycles. The molecule has 18 heavy (non-hydrogen) atoms. The fraction of sp³-hybridized carbons (Fsp3) is 0.600. The third-order valence-corrected chi connectivity index (χ3v) is 3.56. The summed E-state index contributed by atoms with van der Waals surface area (Å²) in [6.45, 7) is 8.17. The third-order valence-electron chi connectivity index (χ3n) is 3.56. The molecule has 0 aromatic heterocycles. The summed E-state index contributed by atoms with van der Waals surface area (Å²) in [4.78, 5) is 0. The van der Waals surface area contributed by atoms with Crippen molar-refractivity contribution in [1.82, 2.24) is 0 Å². The fourth-order valence-electron chi connectivity index (χ4n) is 2.77. The van der Waals surface area contributed by atoms with Gasteiger partial charge in [0.2, 0.25) is 0 Å². The minimum absolute atomic E-state index is 0.232. The summed E-state index contributed by atoms with van der Waals surface area (Å²) < 4.78 is 0. The first-order chi connectivity index (χ1) is 8.40. The highest BCUT2D eigenvalue weighted by atomic mass is 16.7. The Hall–Kier alpha value is -0.900. The van der Waals surface area contributed by atoms with Crippen molar-refractivity contribution < 1.29 is 15.3 Å². The van der Waals surface area contributed by atoms with Gasteiger partial charge in [-0.1, -0.05) is 27.7 Å². The van der Waals surface area contributed by atoms with E-state index in [4.69, 9.17) is 0 Å². The van der Waals surface area contributed by atoms with E-state index in [1.807, 2.05) is 13.8 Å². The van der Waals surface area contributed by atoms with Crippen LogP contribution in [0, 0.1) is 0 Å². The molecular formula is C15H24O3. The second-order valence-electron chi connectivity index (χ2n) is 4.57. The summed E-state index contributed by atoms with van der Waals surface area (Å²) in [6.07, 6.45) is 3.26. The number of aryl methyl sites for hydroxylation is 1. The van der Waals surface area contributed by atoms with Crippen LogP contribution in [0.3, 0.4) is 0 Å². The van der Waals surface area contributed by atoms with Crippen molar-refractivity contribution in [1.29, 1.82) is 0 Å². The maximum absolute atomic E-state index is 9.52. The molecule has 0 amide bonds. The minimum Gasteiger partial charge on any atom is -0.340 e. The number of hydrogen-bond acceptors (Lipinski definition) is 3. The third kappa shape index (κ3) is 2.74. The van der Waals surface area contributed by atoms with Crippen LogP contribution < -0.4 is 0 Å². The Labute approximate surface area is 109 Å². The maximum atomic E-state index is 9.52. The van der Waals surface area contributed by atoms with Crippen LogP contribution in [-0.4, -0.2) is 15.3 Å². The Morgan fingerprint density at radius 1 is 0.778 bits per heavy atom. The van der Waals surface area contributed by atoms with Crippen molar-refractivity contribution in [3.8, 4) is 0 Å². The molecule has 0 atom stereocenters. The lowest BCUT2D eigenvalue weighted by molar-refractivity contribution is -0.324. The molecule has 0 radical (unpaired) electrons. The summed E-state index contributed by atoms with van der Waals surface area (Å²) in [6, 6.07) is 1.73. The Balaban J connectivity index is 3.64. The summed E-state index contributed by atoms with van der Waals surface area (Å²) >= 11 is 0. The Kier molecular flexibility index (Phi) is 4.91. The average Bonchev–Trinajstić information content (AvgIpc) is 2.34. The summed E-state index contributed by atoms with van der Waals surface area (Å²) in [5.74, 6) is -2.74. The van der Waals surface area contributed by atoms with Crippen molar-refractivity contribution in [3.63, 3.8) is 0 Å². The minimum atomic E-state index is -2.74. The van der Waals surface area contributed by atoms with E-state index >= 15 is 0 Å². The van der Waals surface area contributed by atoms with Gasteiger partial charge < -0.3 is 15.3 Å². The van der Waals surface area contributed by atoms with E-state index in [-0.39, 0.29) is 5.56 Å². The van der Waals surface area contributed by atoms with E-state index in [1.54, 1.807) is 6.07 Å². The van der Waals surface area contributed by atoms with E-state index < -0.39 is 5.97 Å². The standard InChI is InChI=1S/C15H24O3/c1-5-10-9-14(15(16,17)18)13(8-4)12(7-3)11(10)6-2/h9,16-18H,5-8H2,1-4H3. The van der Waals surface area contributed by atoms with Gasteiger partial charge in [0.25, 0.3) is 0 Å². The molecule has 0 aliphatic carbocycles. The van der Waals surface area contributed by atoms with E-state index in [0.29, 0.717) is 6.42 Å². The van der Waals surface area contributed by atoms with Crippen LogP contribution in [-0.2, 0) is 31.7 Å². The normalized spacial score (nSPS) is 11.9. The lowest BCUT2D eigenvalue weighted by Gasteiger charge is -2.24. The highest BCUT2D eigenvalue weighted by Gasteiger charge is 2.28. The fourth-order valence-corrected chi connectivity index (χ4v) is 2.77. The molecule has 0 spiro atoms. The van der Waals surface area contributed by atoms with Crippen LogP contribution in [0.4, 0.5) is 0 Å². The molecule has 3 nitrogen and oxygen atoms in total. The molecule has 1 aromatic rings. The molecular weight excluding hydrogens is 228 g/mol. The molecule has 1 rings (SSSR count). The van der Waals surface area contributed by atoms with Crippen LogP contribution in [0.5, 0.6) is 0 Å². The molecule has 0 saturated carbocycles. The predicted octanol–water partition coefficient (Wildman–Crippen LogP) is 2.02. The van der Waals surface area contributed by atoms with Crippen molar-refractivity contribution in [3.05, 3.63) is 33.9 Å². The lowest BCUT2D eigenvalue weighted by Crippen LogP contribution is -2.27. The quantitative estimate of drug-likeness (QED) is 0.703. The number of benzene rings is 1. The molecule has 0 fully saturated rings. The predicted molar refractivity (Wildman–Crippen MR) is 72.3 cm³/mol. The van der Waals surface area contributed by atoms with Crippen LogP contribution in [0.15, 0.2) is 6.07 Å². The zero-order valence-electron chi connectivity index (χ0n) is 11.7. The van der Waals surface area contributed by atoms with E-state index in [0.717, 1.165) is 36.0 Å². The van der Waals surface area contributed by atoms with Crippen LogP contribution in [0.2, 0.25) is 0 Å². The van der Waals surface area contributed by atoms with Gasteiger partial charge in [-0.05, 0) is 54.0 Å². The zero-order chi connectivity index (χ0) is 13.9. The molecule has 3 N–H and O–H groups in total. The first-order valence-corrected chi connectivity index (χ1v) is 6.74. The number of aliphatic hydroxyl groups is 3. The number of hydrogen-bond donors (Lipinski definition) is 3. The van der Waals surface area contributed by atoms with Gasteiger partial charge in [-0.25, -0.2) is 0 Å². The number of rotatable bonds is 5. The van der Waals surface area contributed by atoms with Crippen molar-refractivity contribution in [2.75, 3.05) is 0 Å². The Bertz CT molecular complexity index is 417. The van der Waals surface area contributed by atoms with Gasteiger partial charge in [-0.15, -0.1) is 0 Å². The summed E-state index contributed by atoms with van der Waals surface area (Å²) in [5, 5.41) is 28.5. The SMILES string of the molecule is CCc1cc(C(O)(O)O)c(CC)c(CC)c1CC. The zero-order valence-corrected chi connectivity index (χ0v) is 11.7. The van der Waals surface area contributed by atoms with Crippen molar-refractivity contribution >= 4 is 0 Å². The highest BCUT2D eigenvalue weighted by molar-refractivity contribution is 5.47. The Morgan fingerprint density at radius 2 is 1.28 bits per heavy atom. The first kappa shape index (κ1) is 15.2. The molecule has 0 aliphatic rings. The van der Waals surface area contributed by atoms with E-state index in [9.17, 15) is 15.3 Å². The van der Waals surface area contributed by atoms with Crippen LogP contribution in [0.25, 0.3) is 0 Å². The monoisotopic (exact) mass is 252 g/mol. The van der Waals surface area contributed by atoms with Gasteiger partial charge in [-0.3, -0.25) is 0 Å². The summed E-state index contributed by atoms with van der Waals surface area (Å²) in [5.41, 5.74) is 4.61. The molecule has 0 bridgehead atoms. The molecule has 3 heteroatoms.